The lowest BCUT2D eigenvalue weighted by Crippen LogP contribution is -2.05. The van der Waals surface area contributed by atoms with E-state index in [1.807, 2.05) is 24.3 Å². The number of aromatic nitrogens is 3. The third kappa shape index (κ3) is 4.77. The molecule has 0 aliphatic heterocycles. The van der Waals surface area contributed by atoms with Crippen molar-refractivity contribution in [1.82, 2.24) is 14.9 Å². The van der Waals surface area contributed by atoms with Crippen LogP contribution >= 0.6 is 12.2 Å². The van der Waals surface area contributed by atoms with Crippen molar-refractivity contribution in [1.29, 1.82) is 0 Å². The van der Waals surface area contributed by atoms with Gasteiger partial charge >= 0.3 is 0 Å². The summed E-state index contributed by atoms with van der Waals surface area (Å²) >= 11 is 5.31. The van der Waals surface area contributed by atoms with Gasteiger partial charge in [0.25, 0.3) is 0 Å². The third-order valence-corrected chi connectivity index (χ3v) is 4.24. The fourth-order valence-electron chi connectivity index (χ4n) is 2.48. The number of H-pyrrole nitrogens is 1. The second kappa shape index (κ2) is 9.37. The number of rotatable bonds is 9. The summed E-state index contributed by atoms with van der Waals surface area (Å²) in [5.74, 6) is 2.10. The molecular formula is C18H26N4OS. The average molecular weight is 346 g/mol. The molecule has 0 spiro atoms. The van der Waals surface area contributed by atoms with Crippen LogP contribution in [0.15, 0.2) is 29.4 Å². The van der Waals surface area contributed by atoms with Gasteiger partial charge in [-0.25, -0.2) is 0 Å². The van der Waals surface area contributed by atoms with Crippen molar-refractivity contribution in [2.24, 2.45) is 5.10 Å². The molecule has 24 heavy (non-hydrogen) atoms. The Morgan fingerprint density at radius 3 is 2.83 bits per heavy atom. The van der Waals surface area contributed by atoms with Crippen molar-refractivity contribution in [2.75, 3.05) is 6.61 Å². The summed E-state index contributed by atoms with van der Waals surface area (Å²) in [6.07, 6.45) is 5.99. The molecule has 2 rings (SSSR count). The summed E-state index contributed by atoms with van der Waals surface area (Å²) in [6.45, 7) is 7.19. The number of ether oxygens (including phenoxy) is 1. The van der Waals surface area contributed by atoms with Crippen LogP contribution in [0.4, 0.5) is 0 Å². The van der Waals surface area contributed by atoms with E-state index in [-0.39, 0.29) is 0 Å². The number of hydrogen-bond donors (Lipinski definition) is 1. The van der Waals surface area contributed by atoms with Crippen LogP contribution in [-0.2, 0) is 0 Å². The highest BCUT2D eigenvalue weighted by molar-refractivity contribution is 7.71. The second-order valence-corrected chi connectivity index (χ2v) is 6.12. The fourth-order valence-corrected chi connectivity index (χ4v) is 2.66. The fraction of sp³-hybridized carbons (Fsp3) is 0.500. The molecule has 0 unspecified atom stereocenters. The van der Waals surface area contributed by atoms with Gasteiger partial charge in [-0.2, -0.15) is 14.9 Å². The lowest BCUT2D eigenvalue weighted by Gasteiger charge is -2.10. The van der Waals surface area contributed by atoms with Crippen LogP contribution in [-0.4, -0.2) is 27.7 Å². The molecule has 1 heterocycles. The number of unbranched alkanes of at least 4 members (excludes halogenated alkanes) is 1. The van der Waals surface area contributed by atoms with E-state index in [0.29, 0.717) is 10.7 Å². The molecule has 1 aromatic carbocycles. The van der Waals surface area contributed by atoms with Crippen molar-refractivity contribution in [2.45, 2.75) is 52.4 Å². The molecule has 0 fully saturated rings. The number of hydrogen-bond acceptors (Lipinski definition) is 4. The minimum atomic E-state index is 0.346. The van der Waals surface area contributed by atoms with Crippen LogP contribution in [0.1, 0.15) is 63.8 Å². The Morgan fingerprint density at radius 1 is 1.33 bits per heavy atom. The Hall–Kier alpha value is -1.95. The highest BCUT2D eigenvalue weighted by Crippen LogP contribution is 2.21. The van der Waals surface area contributed by atoms with Crippen molar-refractivity contribution in [3.8, 4) is 5.75 Å². The van der Waals surface area contributed by atoms with Gasteiger partial charge in [0, 0.05) is 5.92 Å². The number of nitrogens with zero attached hydrogens (tertiary/aromatic N) is 3. The quantitative estimate of drug-likeness (QED) is 0.399. The molecule has 0 radical (unpaired) electrons. The van der Waals surface area contributed by atoms with Crippen molar-refractivity contribution < 1.29 is 4.74 Å². The molecule has 0 bridgehead atoms. The topological polar surface area (TPSA) is 55.2 Å². The van der Waals surface area contributed by atoms with Gasteiger partial charge in [0.2, 0.25) is 4.77 Å². The number of aromatic amines is 1. The van der Waals surface area contributed by atoms with Gasteiger partial charge in [0.05, 0.1) is 12.8 Å². The first-order chi connectivity index (χ1) is 11.7. The first-order valence-corrected chi connectivity index (χ1v) is 9.04. The first kappa shape index (κ1) is 18.4. The molecule has 0 amide bonds. The molecule has 0 aliphatic carbocycles. The van der Waals surface area contributed by atoms with Crippen LogP contribution in [0.2, 0.25) is 0 Å². The Morgan fingerprint density at radius 2 is 2.12 bits per heavy atom. The van der Waals surface area contributed by atoms with Crippen molar-refractivity contribution in [3.05, 3.63) is 40.4 Å². The maximum Gasteiger partial charge on any atom is 0.216 e. The molecule has 2 aromatic rings. The van der Waals surface area contributed by atoms with Gasteiger partial charge in [0.1, 0.15) is 5.75 Å². The standard InChI is InChI=1S/C18H26N4OS/c1-4-7-11-23-16-10-8-9-14(12-16)13-19-22-17(15(5-2)6-3)20-21-18(22)24/h8-10,12-13,15H,4-7,11H2,1-3H3,(H,21,24)/b19-13-. The van der Waals surface area contributed by atoms with E-state index in [4.69, 9.17) is 17.0 Å². The van der Waals surface area contributed by atoms with E-state index in [1.165, 1.54) is 0 Å². The molecular weight excluding hydrogens is 320 g/mol. The maximum absolute atomic E-state index is 5.74. The normalized spacial score (nSPS) is 11.5. The van der Waals surface area contributed by atoms with Crippen LogP contribution in [0, 0.1) is 4.77 Å². The zero-order valence-corrected chi connectivity index (χ0v) is 15.5. The van der Waals surface area contributed by atoms with E-state index in [2.05, 4.69) is 36.1 Å². The lowest BCUT2D eigenvalue weighted by atomic mass is 10.0. The van der Waals surface area contributed by atoms with Gasteiger partial charge < -0.3 is 4.74 Å². The maximum atomic E-state index is 5.74. The molecule has 6 heteroatoms. The first-order valence-electron chi connectivity index (χ1n) is 8.64. The van der Waals surface area contributed by atoms with E-state index >= 15 is 0 Å². The Kier molecular flexibility index (Phi) is 7.18. The molecule has 1 aromatic heterocycles. The summed E-state index contributed by atoms with van der Waals surface area (Å²) in [4.78, 5) is 0. The third-order valence-electron chi connectivity index (χ3n) is 3.97. The van der Waals surface area contributed by atoms with Crippen molar-refractivity contribution in [3.63, 3.8) is 0 Å². The predicted molar refractivity (Wildman–Crippen MR) is 101 cm³/mol. The van der Waals surface area contributed by atoms with Crippen molar-refractivity contribution >= 4 is 18.4 Å². The van der Waals surface area contributed by atoms with Crippen LogP contribution < -0.4 is 4.74 Å². The van der Waals surface area contributed by atoms with E-state index in [0.717, 1.165) is 49.4 Å². The minimum absolute atomic E-state index is 0.346. The van der Waals surface area contributed by atoms with Gasteiger partial charge in [0.15, 0.2) is 5.82 Å². The van der Waals surface area contributed by atoms with Gasteiger partial charge in [-0.15, -0.1) is 0 Å². The monoisotopic (exact) mass is 346 g/mol. The van der Waals surface area contributed by atoms with Gasteiger partial charge in [-0.05, 0) is 49.2 Å². The highest BCUT2D eigenvalue weighted by atomic mass is 32.1. The molecule has 0 saturated heterocycles. The van der Waals surface area contributed by atoms with Crippen LogP contribution in [0.25, 0.3) is 0 Å². The molecule has 130 valence electrons. The lowest BCUT2D eigenvalue weighted by molar-refractivity contribution is 0.309. The molecule has 5 nitrogen and oxygen atoms in total. The summed E-state index contributed by atoms with van der Waals surface area (Å²) in [5.41, 5.74) is 0.975. The Balaban J connectivity index is 2.18. The van der Waals surface area contributed by atoms with Crippen LogP contribution in [0.5, 0.6) is 5.75 Å². The summed E-state index contributed by atoms with van der Waals surface area (Å²) in [5, 5.41) is 11.7. The largest absolute Gasteiger partial charge is 0.494 e. The van der Waals surface area contributed by atoms with Gasteiger partial charge in [-0.1, -0.05) is 39.3 Å². The Labute approximate surface area is 148 Å². The Bertz CT molecular complexity index is 716. The summed E-state index contributed by atoms with van der Waals surface area (Å²) in [6, 6.07) is 7.92. The summed E-state index contributed by atoms with van der Waals surface area (Å²) < 4.78 is 7.97. The smallest absolute Gasteiger partial charge is 0.216 e. The van der Waals surface area contributed by atoms with E-state index < -0.39 is 0 Å². The SMILES string of the molecule is CCCCOc1cccc(/C=N\n2c(C(CC)CC)n[nH]c2=S)c1. The molecule has 0 aliphatic rings. The van der Waals surface area contributed by atoms with E-state index in [1.54, 1.807) is 10.9 Å². The molecule has 1 N–H and O–H groups in total. The predicted octanol–water partition coefficient (Wildman–Crippen LogP) is 4.91. The van der Waals surface area contributed by atoms with Gasteiger partial charge in [-0.3, -0.25) is 5.10 Å². The van der Waals surface area contributed by atoms with E-state index in [9.17, 15) is 0 Å². The number of nitrogens with one attached hydrogen (secondary N) is 1. The zero-order chi connectivity index (χ0) is 17.4. The molecule has 0 atom stereocenters. The average Bonchev–Trinajstić information content (AvgIpc) is 2.96. The number of benzene rings is 1. The minimum Gasteiger partial charge on any atom is -0.494 e. The summed E-state index contributed by atoms with van der Waals surface area (Å²) in [7, 11) is 0. The van der Waals surface area contributed by atoms with Crippen LogP contribution in [0.3, 0.4) is 0 Å². The second-order valence-electron chi connectivity index (χ2n) is 5.73. The zero-order valence-electron chi connectivity index (χ0n) is 14.7. The molecule has 0 saturated carbocycles. The highest BCUT2D eigenvalue weighted by Gasteiger charge is 2.14.